The monoisotopic (exact) mass is 444 g/mol. The highest BCUT2D eigenvalue weighted by Crippen LogP contribution is 2.27. The molecule has 0 aliphatic rings. The molecule has 0 saturated heterocycles. The lowest BCUT2D eigenvalue weighted by Crippen LogP contribution is -2.20. The van der Waals surface area contributed by atoms with E-state index < -0.39 is 0 Å². The van der Waals surface area contributed by atoms with E-state index in [0.29, 0.717) is 10.9 Å². The van der Waals surface area contributed by atoms with Crippen molar-refractivity contribution in [2.75, 3.05) is 11.9 Å². The zero-order valence-electron chi connectivity index (χ0n) is 15.3. The van der Waals surface area contributed by atoms with Crippen LogP contribution in [0.3, 0.4) is 0 Å². The van der Waals surface area contributed by atoms with E-state index in [4.69, 9.17) is 4.74 Å². The molecule has 140 valence electrons. The van der Waals surface area contributed by atoms with E-state index in [-0.39, 0.29) is 12.5 Å². The van der Waals surface area contributed by atoms with Crippen molar-refractivity contribution in [1.82, 2.24) is 4.98 Å². The molecule has 6 heteroatoms. The molecule has 0 bridgehead atoms. The molecule has 0 unspecified atom stereocenters. The van der Waals surface area contributed by atoms with E-state index in [1.54, 1.807) is 0 Å². The van der Waals surface area contributed by atoms with Gasteiger partial charge in [-0.1, -0.05) is 44.2 Å². The minimum Gasteiger partial charge on any atom is -0.483 e. The van der Waals surface area contributed by atoms with Gasteiger partial charge in [0.1, 0.15) is 5.75 Å². The molecule has 3 aromatic rings. The molecule has 0 radical (unpaired) electrons. The fraction of sp³-hybridized carbons (Fsp3) is 0.238. The topological polar surface area (TPSA) is 51.2 Å². The molecular weight excluding hydrogens is 424 g/mol. The van der Waals surface area contributed by atoms with Crippen LogP contribution < -0.4 is 10.1 Å². The average molecular weight is 445 g/mol. The van der Waals surface area contributed by atoms with Crippen molar-refractivity contribution in [2.24, 2.45) is 0 Å². The Morgan fingerprint density at radius 1 is 1.11 bits per heavy atom. The summed E-state index contributed by atoms with van der Waals surface area (Å²) in [6, 6.07) is 14.2. The zero-order chi connectivity index (χ0) is 19.2. The molecule has 1 heterocycles. The first kappa shape index (κ1) is 19.6. The van der Waals surface area contributed by atoms with Gasteiger partial charge < -0.3 is 4.74 Å². The minimum absolute atomic E-state index is 0.0653. The first-order valence-electron chi connectivity index (χ1n) is 8.85. The molecule has 1 aromatic heterocycles. The highest BCUT2D eigenvalue weighted by atomic mass is 79.9. The van der Waals surface area contributed by atoms with Gasteiger partial charge in [-0.15, -0.1) is 11.3 Å². The number of carbonyl (C=O) groups is 1. The number of anilines is 1. The van der Waals surface area contributed by atoms with Crippen LogP contribution in [0.5, 0.6) is 5.75 Å². The van der Waals surface area contributed by atoms with Crippen molar-refractivity contribution < 1.29 is 9.53 Å². The number of rotatable bonds is 7. The summed E-state index contributed by atoms with van der Waals surface area (Å²) in [7, 11) is 0. The molecule has 0 aliphatic heterocycles. The van der Waals surface area contributed by atoms with E-state index in [1.165, 1.54) is 22.5 Å². The molecule has 4 nitrogen and oxygen atoms in total. The van der Waals surface area contributed by atoms with Gasteiger partial charge in [0, 0.05) is 10.9 Å². The van der Waals surface area contributed by atoms with E-state index in [1.807, 2.05) is 23.6 Å². The second-order valence-electron chi connectivity index (χ2n) is 6.04. The molecule has 1 amide bonds. The largest absolute Gasteiger partial charge is 0.483 e. The van der Waals surface area contributed by atoms with Gasteiger partial charge in [-0.2, -0.15) is 0 Å². The van der Waals surface area contributed by atoms with Gasteiger partial charge in [-0.3, -0.25) is 10.1 Å². The SMILES string of the molecule is CCc1ccc(-c2csc(NC(=O)COc3ccc(CC)cc3Br)n2)cc1. The third-order valence-corrected chi connectivity index (χ3v) is 5.55. The van der Waals surface area contributed by atoms with Crippen LogP contribution in [0, 0.1) is 0 Å². The predicted octanol–water partition coefficient (Wildman–Crippen LogP) is 5.71. The number of nitrogens with one attached hydrogen (secondary N) is 1. The van der Waals surface area contributed by atoms with Gasteiger partial charge in [-0.05, 0) is 52.0 Å². The highest BCUT2D eigenvalue weighted by Gasteiger charge is 2.10. The van der Waals surface area contributed by atoms with Crippen LogP contribution in [0.4, 0.5) is 5.13 Å². The van der Waals surface area contributed by atoms with Crippen LogP contribution >= 0.6 is 27.3 Å². The number of hydrogen-bond acceptors (Lipinski definition) is 4. The maximum atomic E-state index is 12.2. The molecule has 1 N–H and O–H groups in total. The molecule has 0 fully saturated rings. The third kappa shape index (κ3) is 5.17. The first-order chi connectivity index (χ1) is 13.1. The highest BCUT2D eigenvalue weighted by molar-refractivity contribution is 9.10. The molecular formula is C21H21BrN2O2S. The Balaban J connectivity index is 1.57. The summed E-state index contributed by atoms with van der Waals surface area (Å²) in [4.78, 5) is 16.7. The molecule has 27 heavy (non-hydrogen) atoms. The van der Waals surface area contributed by atoms with Gasteiger partial charge in [0.25, 0.3) is 5.91 Å². The average Bonchev–Trinajstić information content (AvgIpc) is 3.15. The van der Waals surface area contributed by atoms with E-state index >= 15 is 0 Å². The van der Waals surface area contributed by atoms with E-state index in [9.17, 15) is 4.79 Å². The Kier molecular flexibility index (Phi) is 6.63. The summed E-state index contributed by atoms with van der Waals surface area (Å²) < 4.78 is 6.45. The number of benzene rings is 2. The number of hydrogen-bond donors (Lipinski definition) is 1. The maximum Gasteiger partial charge on any atom is 0.264 e. The van der Waals surface area contributed by atoms with Crippen molar-refractivity contribution in [3.05, 3.63) is 63.4 Å². The summed E-state index contributed by atoms with van der Waals surface area (Å²) in [6.45, 7) is 4.16. The van der Waals surface area contributed by atoms with Crippen molar-refractivity contribution in [3.63, 3.8) is 0 Å². The normalized spacial score (nSPS) is 10.6. The van der Waals surface area contributed by atoms with Gasteiger partial charge in [0.2, 0.25) is 0 Å². The van der Waals surface area contributed by atoms with Gasteiger partial charge in [0.15, 0.2) is 11.7 Å². The van der Waals surface area contributed by atoms with Crippen molar-refractivity contribution >= 4 is 38.3 Å². The number of halogens is 1. The summed E-state index contributed by atoms with van der Waals surface area (Å²) in [5.74, 6) is 0.418. The summed E-state index contributed by atoms with van der Waals surface area (Å²) in [6.07, 6.45) is 1.96. The molecule has 3 rings (SSSR count). The number of aromatic nitrogens is 1. The standard InChI is InChI=1S/C21H21BrN2O2S/c1-3-14-5-8-16(9-6-14)18-13-27-21(23-18)24-20(25)12-26-19-10-7-15(4-2)11-17(19)22/h5-11,13H,3-4,12H2,1-2H3,(H,23,24,25). The number of amides is 1. The van der Waals surface area contributed by atoms with Crippen molar-refractivity contribution in [2.45, 2.75) is 26.7 Å². The molecule has 0 spiro atoms. The van der Waals surface area contributed by atoms with E-state index in [2.05, 4.69) is 64.3 Å². The van der Waals surface area contributed by atoms with Crippen LogP contribution in [-0.4, -0.2) is 17.5 Å². The second kappa shape index (κ2) is 9.15. The van der Waals surface area contributed by atoms with Gasteiger partial charge in [0.05, 0.1) is 10.2 Å². The lowest BCUT2D eigenvalue weighted by Gasteiger charge is -2.09. The van der Waals surface area contributed by atoms with E-state index in [0.717, 1.165) is 28.6 Å². The number of aryl methyl sites for hydroxylation is 2. The summed E-state index contributed by atoms with van der Waals surface area (Å²) in [5.41, 5.74) is 4.40. The first-order valence-corrected chi connectivity index (χ1v) is 10.5. The molecule has 0 saturated carbocycles. The predicted molar refractivity (Wildman–Crippen MR) is 115 cm³/mol. The number of nitrogens with zero attached hydrogens (tertiary/aromatic N) is 1. The zero-order valence-corrected chi connectivity index (χ0v) is 17.7. The maximum absolute atomic E-state index is 12.2. The van der Waals surface area contributed by atoms with Gasteiger partial charge in [-0.25, -0.2) is 4.98 Å². The summed E-state index contributed by atoms with van der Waals surface area (Å²) >= 11 is 4.88. The lowest BCUT2D eigenvalue weighted by atomic mass is 10.1. The fourth-order valence-corrected chi connectivity index (χ4v) is 3.83. The minimum atomic E-state index is -0.233. The van der Waals surface area contributed by atoms with Crippen molar-refractivity contribution in [3.8, 4) is 17.0 Å². The number of carbonyl (C=O) groups excluding carboxylic acids is 1. The fourth-order valence-electron chi connectivity index (χ4n) is 2.55. The number of thiazole rings is 1. The molecule has 0 atom stereocenters. The third-order valence-electron chi connectivity index (χ3n) is 4.17. The Morgan fingerprint density at radius 2 is 1.81 bits per heavy atom. The Labute approximate surface area is 171 Å². The van der Waals surface area contributed by atoms with Crippen LogP contribution in [0.15, 0.2) is 52.3 Å². The van der Waals surface area contributed by atoms with Crippen molar-refractivity contribution in [1.29, 1.82) is 0 Å². The van der Waals surface area contributed by atoms with Crippen LogP contribution in [0.25, 0.3) is 11.3 Å². The molecule has 0 aliphatic carbocycles. The quantitative estimate of drug-likeness (QED) is 0.507. The van der Waals surface area contributed by atoms with Crippen LogP contribution in [0.2, 0.25) is 0 Å². The van der Waals surface area contributed by atoms with Crippen LogP contribution in [0.1, 0.15) is 25.0 Å². The van der Waals surface area contributed by atoms with Crippen LogP contribution in [-0.2, 0) is 17.6 Å². The molecule has 2 aromatic carbocycles. The smallest absolute Gasteiger partial charge is 0.264 e. The second-order valence-corrected chi connectivity index (χ2v) is 7.76. The lowest BCUT2D eigenvalue weighted by molar-refractivity contribution is -0.118. The number of ether oxygens (including phenoxy) is 1. The summed E-state index contributed by atoms with van der Waals surface area (Å²) in [5, 5.41) is 5.31. The Bertz CT molecular complexity index is 922. The Morgan fingerprint density at radius 3 is 2.48 bits per heavy atom. The van der Waals surface area contributed by atoms with Gasteiger partial charge >= 0.3 is 0 Å². The Hall–Kier alpha value is -2.18.